The van der Waals surface area contributed by atoms with Crippen molar-refractivity contribution in [2.75, 3.05) is 0 Å². The maximum absolute atomic E-state index is 13.0. The van der Waals surface area contributed by atoms with Gasteiger partial charge in [-0.15, -0.1) is 0 Å². The Hall–Kier alpha value is -2.32. The molecule has 1 saturated carbocycles. The fourth-order valence-electron chi connectivity index (χ4n) is 3.32. The second-order valence-electron chi connectivity index (χ2n) is 8.30. The van der Waals surface area contributed by atoms with E-state index in [2.05, 4.69) is 0 Å². The quantitative estimate of drug-likeness (QED) is 0.358. The molecule has 0 unspecified atom stereocenters. The smallest absolute Gasteiger partial charge is 0.416 e. The van der Waals surface area contributed by atoms with E-state index in [1.54, 1.807) is 0 Å². The number of halogens is 3. The average molecular weight is 417 g/mol. The summed E-state index contributed by atoms with van der Waals surface area (Å²) in [5, 5.41) is 11.0. The first-order valence-electron chi connectivity index (χ1n) is 9.61. The molecule has 0 radical (unpaired) electrons. The molecule has 9 heteroatoms. The van der Waals surface area contributed by atoms with Gasteiger partial charge in [0.1, 0.15) is 11.4 Å². The molecule has 6 nitrogen and oxygen atoms in total. The normalized spacial score (nSPS) is 21.0. The Balaban J connectivity index is 2.03. The van der Waals surface area contributed by atoms with E-state index in [0.717, 1.165) is 12.1 Å². The zero-order valence-corrected chi connectivity index (χ0v) is 16.8. The maximum Gasteiger partial charge on any atom is 0.416 e. The summed E-state index contributed by atoms with van der Waals surface area (Å²) in [6.45, 7) is 5.43. The van der Waals surface area contributed by atoms with E-state index in [1.165, 1.54) is 0 Å². The van der Waals surface area contributed by atoms with Crippen LogP contribution in [-0.4, -0.2) is 22.6 Å². The zero-order chi connectivity index (χ0) is 21.8. The molecule has 1 aliphatic carbocycles. The van der Waals surface area contributed by atoms with E-state index in [1.807, 2.05) is 20.8 Å². The highest BCUT2D eigenvalue weighted by atomic mass is 19.4. The lowest BCUT2D eigenvalue weighted by atomic mass is 9.90. The third-order valence-electron chi connectivity index (χ3n) is 4.63. The van der Waals surface area contributed by atoms with Gasteiger partial charge in [-0.25, -0.2) is 0 Å². The van der Waals surface area contributed by atoms with Crippen molar-refractivity contribution in [1.29, 1.82) is 0 Å². The number of ether oxygens (including phenoxy) is 2. The fourth-order valence-corrected chi connectivity index (χ4v) is 3.32. The second kappa shape index (κ2) is 9.00. The van der Waals surface area contributed by atoms with Crippen LogP contribution in [0.15, 0.2) is 18.2 Å². The van der Waals surface area contributed by atoms with Crippen LogP contribution in [0.2, 0.25) is 0 Å². The Labute approximate surface area is 167 Å². The molecule has 0 N–H and O–H groups in total. The van der Waals surface area contributed by atoms with Crippen LogP contribution in [-0.2, 0) is 15.7 Å². The number of alkyl halides is 3. The number of carbonyl (C=O) groups excluding carboxylic acids is 1. The highest BCUT2D eigenvalue weighted by molar-refractivity contribution is 5.72. The highest BCUT2D eigenvalue weighted by Gasteiger charge is 2.33. The van der Waals surface area contributed by atoms with Crippen LogP contribution in [0.5, 0.6) is 5.75 Å². The first-order chi connectivity index (χ1) is 13.3. The standard InChI is InChI=1S/C20H26F3NO5/c1-19(2,3)29-18(25)13-6-4-8-16(9-5-7-13)28-17-11-14(20(21,22)23)10-15(12-17)24(26)27/h10-13,16H,4-9H2,1-3H3. The Bertz CT molecular complexity index is 733. The van der Waals surface area contributed by atoms with Crippen LogP contribution in [0.25, 0.3) is 0 Å². The molecule has 1 aliphatic rings. The molecule has 162 valence electrons. The largest absolute Gasteiger partial charge is 0.490 e. The molecule has 29 heavy (non-hydrogen) atoms. The van der Waals surface area contributed by atoms with Crippen LogP contribution >= 0.6 is 0 Å². The van der Waals surface area contributed by atoms with Crippen molar-refractivity contribution in [2.24, 2.45) is 5.92 Å². The van der Waals surface area contributed by atoms with Crippen LogP contribution in [0, 0.1) is 16.0 Å². The van der Waals surface area contributed by atoms with Crippen molar-refractivity contribution in [3.8, 4) is 5.75 Å². The molecule has 0 spiro atoms. The third kappa shape index (κ3) is 7.21. The minimum atomic E-state index is -4.70. The van der Waals surface area contributed by atoms with E-state index in [9.17, 15) is 28.1 Å². The Kier molecular flexibility index (Phi) is 7.13. The number of nitro benzene ring substituents is 1. The predicted molar refractivity (Wildman–Crippen MR) is 99.6 cm³/mol. The molecule has 2 rings (SSSR count). The average Bonchev–Trinajstić information content (AvgIpc) is 2.54. The molecule has 1 aromatic carbocycles. The lowest BCUT2D eigenvalue weighted by Crippen LogP contribution is -2.30. The summed E-state index contributed by atoms with van der Waals surface area (Å²) in [4.78, 5) is 22.4. The van der Waals surface area contributed by atoms with E-state index >= 15 is 0 Å². The van der Waals surface area contributed by atoms with E-state index in [-0.39, 0.29) is 23.7 Å². The van der Waals surface area contributed by atoms with Crippen LogP contribution < -0.4 is 4.74 Å². The van der Waals surface area contributed by atoms with Gasteiger partial charge in [0.15, 0.2) is 0 Å². The molecule has 0 heterocycles. The number of carbonyl (C=O) groups is 1. The van der Waals surface area contributed by atoms with E-state index < -0.39 is 28.0 Å². The number of esters is 1. The lowest BCUT2D eigenvalue weighted by Gasteiger charge is -2.27. The summed E-state index contributed by atoms with van der Waals surface area (Å²) in [5.41, 5.74) is -2.33. The summed E-state index contributed by atoms with van der Waals surface area (Å²) in [6, 6.07) is 2.29. The third-order valence-corrected chi connectivity index (χ3v) is 4.63. The number of nitrogens with zero attached hydrogens (tertiary/aromatic N) is 1. The summed E-state index contributed by atoms with van der Waals surface area (Å²) in [7, 11) is 0. The molecule has 1 fully saturated rings. The molecule has 0 aliphatic heterocycles. The monoisotopic (exact) mass is 417 g/mol. The number of non-ortho nitro benzene ring substituents is 1. The minimum absolute atomic E-state index is 0.166. The van der Waals surface area contributed by atoms with Gasteiger partial charge in [-0.3, -0.25) is 14.9 Å². The van der Waals surface area contributed by atoms with Crippen molar-refractivity contribution in [1.82, 2.24) is 0 Å². The Morgan fingerprint density at radius 2 is 1.66 bits per heavy atom. The molecule has 0 bridgehead atoms. The van der Waals surface area contributed by atoms with Gasteiger partial charge in [0.2, 0.25) is 0 Å². The summed E-state index contributed by atoms with van der Waals surface area (Å²) >= 11 is 0. The molecule has 1 aromatic rings. The number of nitro groups is 1. The summed E-state index contributed by atoms with van der Waals surface area (Å²) < 4.78 is 50.2. The topological polar surface area (TPSA) is 78.7 Å². The highest BCUT2D eigenvalue weighted by Crippen LogP contribution is 2.36. The van der Waals surface area contributed by atoms with Gasteiger partial charge in [-0.05, 0) is 65.4 Å². The van der Waals surface area contributed by atoms with Crippen molar-refractivity contribution < 1.29 is 32.4 Å². The van der Waals surface area contributed by atoms with Crippen molar-refractivity contribution in [2.45, 2.75) is 77.2 Å². The van der Waals surface area contributed by atoms with Gasteiger partial charge in [-0.2, -0.15) is 13.2 Å². The second-order valence-corrected chi connectivity index (χ2v) is 8.30. The molecular formula is C20H26F3NO5. The first-order valence-corrected chi connectivity index (χ1v) is 9.61. The Morgan fingerprint density at radius 3 is 2.14 bits per heavy atom. The number of benzene rings is 1. The lowest BCUT2D eigenvalue weighted by molar-refractivity contribution is -0.385. The van der Waals surface area contributed by atoms with Gasteiger partial charge in [0.05, 0.1) is 28.6 Å². The number of hydrogen-bond donors (Lipinski definition) is 0. The molecular weight excluding hydrogens is 391 g/mol. The maximum atomic E-state index is 13.0. The Morgan fingerprint density at radius 1 is 1.07 bits per heavy atom. The minimum Gasteiger partial charge on any atom is -0.490 e. The van der Waals surface area contributed by atoms with Crippen LogP contribution in [0.4, 0.5) is 18.9 Å². The summed E-state index contributed by atoms with van der Waals surface area (Å²) in [6.07, 6.45) is -1.46. The van der Waals surface area contributed by atoms with Crippen LogP contribution in [0.1, 0.15) is 64.9 Å². The van der Waals surface area contributed by atoms with Gasteiger partial charge in [-0.1, -0.05) is 0 Å². The zero-order valence-electron chi connectivity index (χ0n) is 16.8. The van der Waals surface area contributed by atoms with E-state index in [4.69, 9.17) is 9.47 Å². The van der Waals surface area contributed by atoms with Crippen molar-refractivity contribution >= 4 is 11.7 Å². The SMILES string of the molecule is CC(C)(C)OC(=O)C1CCCC(Oc2cc([N+](=O)[O-])cc(C(F)(F)F)c2)CCC1. The number of rotatable bonds is 4. The molecule has 0 atom stereocenters. The van der Waals surface area contributed by atoms with Gasteiger partial charge in [0, 0.05) is 6.07 Å². The van der Waals surface area contributed by atoms with Crippen molar-refractivity contribution in [3.63, 3.8) is 0 Å². The fraction of sp³-hybridized carbons (Fsp3) is 0.650. The first kappa shape index (κ1) is 23.0. The molecule has 0 saturated heterocycles. The number of hydrogen-bond acceptors (Lipinski definition) is 5. The molecule has 0 aromatic heterocycles. The van der Waals surface area contributed by atoms with Gasteiger partial charge in [0.25, 0.3) is 5.69 Å². The van der Waals surface area contributed by atoms with Crippen LogP contribution in [0.3, 0.4) is 0 Å². The van der Waals surface area contributed by atoms with Crippen molar-refractivity contribution in [3.05, 3.63) is 33.9 Å². The summed E-state index contributed by atoms with van der Waals surface area (Å²) in [5.74, 6) is -0.601. The predicted octanol–water partition coefficient (Wildman–Crippen LogP) is 5.67. The van der Waals surface area contributed by atoms with E-state index in [0.29, 0.717) is 44.6 Å². The van der Waals surface area contributed by atoms with Gasteiger partial charge < -0.3 is 9.47 Å². The molecule has 0 amide bonds. The van der Waals surface area contributed by atoms with Gasteiger partial charge >= 0.3 is 12.1 Å².